The number of nitrogens with zero attached hydrogens (tertiary/aromatic N) is 3. The lowest BCUT2D eigenvalue weighted by molar-refractivity contribution is 0.193. The molecule has 1 aromatic heterocycles. The van der Waals surface area contributed by atoms with Crippen molar-refractivity contribution < 1.29 is 9.90 Å². The fraction of sp³-hybridized carbons (Fsp3) is 0.647. The monoisotopic (exact) mass is 318 g/mol. The van der Waals surface area contributed by atoms with E-state index in [2.05, 4.69) is 33.3 Å². The number of carboxylic acid groups (broad SMARTS) is 1. The lowest BCUT2D eigenvalue weighted by atomic mass is 9.93. The van der Waals surface area contributed by atoms with Gasteiger partial charge in [-0.1, -0.05) is 6.07 Å². The number of piperidine rings is 1. The van der Waals surface area contributed by atoms with Crippen LogP contribution in [0.5, 0.6) is 0 Å². The number of pyridine rings is 1. The van der Waals surface area contributed by atoms with Gasteiger partial charge in [0.05, 0.1) is 0 Å². The normalized spacial score (nSPS) is 19.1. The SMILES string of the molecule is O=C(O)NCCC1CCN(c2cccc(N3CCCC3)n2)CC1. The fourth-order valence-corrected chi connectivity index (χ4v) is 3.54. The number of hydrogen-bond acceptors (Lipinski definition) is 4. The smallest absolute Gasteiger partial charge is 0.404 e. The van der Waals surface area contributed by atoms with Gasteiger partial charge in [-0.15, -0.1) is 0 Å². The van der Waals surface area contributed by atoms with Crippen LogP contribution >= 0.6 is 0 Å². The van der Waals surface area contributed by atoms with Gasteiger partial charge in [-0.2, -0.15) is 0 Å². The van der Waals surface area contributed by atoms with E-state index < -0.39 is 6.09 Å². The third-order valence-electron chi connectivity index (χ3n) is 4.92. The Hall–Kier alpha value is -1.98. The minimum atomic E-state index is -0.926. The van der Waals surface area contributed by atoms with Crippen LogP contribution in [0.2, 0.25) is 0 Å². The van der Waals surface area contributed by atoms with E-state index in [1.54, 1.807) is 0 Å². The predicted molar refractivity (Wildman–Crippen MR) is 91.3 cm³/mol. The number of aromatic nitrogens is 1. The highest BCUT2D eigenvalue weighted by molar-refractivity contribution is 5.64. The fourth-order valence-electron chi connectivity index (χ4n) is 3.54. The van der Waals surface area contributed by atoms with Crippen molar-refractivity contribution in [3.8, 4) is 0 Å². The van der Waals surface area contributed by atoms with Crippen molar-refractivity contribution >= 4 is 17.7 Å². The molecule has 23 heavy (non-hydrogen) atoms. The summed E-state index contributed by atoms with van der Waals surface area (Å²) in [5, 5.41) is 11.1. The molecule has 0 atom stereocenters. The molecule has 6 heteroatoms. The third-order valence-corrected chi connectivity index (χ3v) is 4.92. The first-order chi connectivity index (χ1) is 11.2. The second-order valence-electron chi connectivity index (χ2n) is 6.50. The number of carbonyl (C=O) groups is 1. The van der Waals surface area contributed by atoms with Crippen LogP contribution in [-0.2, 0) is 0 Å². The summed E-state index contributed by atoms with van der Waals surface area (Å²) in [6, 6.07) is 6.32. The molecule has 0 aromatic carbocycles. The summed E-state index contributed by atoms with van der Waals surface area (Å²) in [6.45, 7) is 4.81. The van der Waals surface area contributed by atoms with E-state index >= 15 is 0 Å². The van der Waals surface area contributed by atoms with Crippen molar-refractivity contribution in [3.63, 3.8) is 0 Å². The Bertz CT molecular complexity index is 523. The molecule has 2 aliphatic rings. The maximum atomic E-state index is 10.5. The Kier molecular flexibility index (Phi) is 5.20. The van der Waals surface area contributed by atoms with Gasteiger partial charge in [0, 0.05) is 32.7 Å². The van der Waals surface area contributed by atoms with Gasteiger partial charge in [-0.3, -0.25) is 0 Å². The Balaban J connectivity index is 1.51. The summed E-state index contributed by atoms with van der Waals surface area (Å²) in [5.41, 5.74) is 0. The molecule has 3 heterocycles. The lowest BCUT2D eigenvalue weighted by Crippen LogP contribution is -2.35. The van der Waals surface area contributed by atoms with Crippen LogP contribution in [0.15, 0.2) is 18.2 Å². The highest BCUT2D eigenvalue weighted by Crippen LogP contribution is 2.26. The van der Waals surface area contributed by atoms with Crippen LogP contribution in [-0.4, -0.2) is 48.9 Å². The molecule has 6 nitrogen and oxygen atoms in total. The van der Waals surface area contributed by atoms with Crippen molar-refractivity contribution in [1.29, 1.82) is 0 Å². The highest BCUT2D eigenvalue weighted by atomic mass is 16.4. The van der Waals surface area contributed by atoms with Gasteiger partial charge >= 0.3 is 6.09 Å². The third kappa shape index (κ3) is 4.27. The molecule has 2 saturated heterocycles. The van der Waals surface area contributed by atoms with Gasteiger partial charge in [0.1, 0.15) is 11.6 Å². The van der Waals surface area contributed by atoms with Crippen LogP contribution in [0.3, 0.4) is 0 Å². The van der Waals surface area contributed by atoms with Crippen LogP contribution in [0, 0.1) is 5.92 Å². The summed E-state index contributed by atoms with van der Waals surface area (Å²) in [7, 11) is 0. The van der Waals surface area contributed by atoms with Gasteiger partial charge in [0.15, 0.2) is 0 Å². The Morgan fingerprint density at radius 1 is 1.13 bits per heavy atom. The zero-order valence-electron chi connectivity index (χ0n) is 13.6. The summed E-state index contributed by atoms with van der Waals surface area (Å²) in [6.07, 6.45) is 4.75. The van der Waals surface area contributed by atoms with Crippen molar-refractivity contribution in [3.05, 3.63) is 18.2 Å². The van der Waals surface area contributed by atoms with E-state index in [1.807, 2.05) is 0 Å². The molecule has 126 valence electrons. The standard InChI is InChI=1S/C17H26N4O2/c22-17(23)18-9-6-14-7-12-21(13-8-14)16-5-3-4-15(19-16)20-10-1-2-11-20/h3-5,14,18H,1-2,6-13H2,(H,22,23). The molecule has 0 unspecified atom stereocenters. The number of rotatable bonds is 5. The predicted octanol–water partition coefficient (Wildman–Crippen LogP) is 2.56. The van der Waals surface area contributed by atoms with Crippen molar-refractivity contribution in [2.24, 2.45) is 5.92 Å². The first-order valence-electron chi connectivity index (χ1n) is 8.66. The first-order valence-corrected chi connectivity index (χ1v) is 8.66. The van der Waals surface area contributed by atoms with E-state index in [-0.39, 0.29) is 0 Å². The molecule has 0 aliphatic carbocycles. The Morgan fingerprint density at radius 2 is 1.74 bits per heavy atom. The highest BCUT2D eigenvalue weighted by Gasteiger charge is 2.21. The minimum absolute atomic E-state index is 0.558. The molecule has 1 amide bonds. The van der Waals surface area contributed by atoms with Crippen molar-refractivity contribution in [2.75, 3.05) is 42.5 Å². The molecular weight excluding hydrogens is 292 g/mol. The average molecular weight is 318 g/mol. The molecule has 0 radical (unpaired) electrons. The van der Waals surface area contributed by atoms with E-state index in [0.717, 1.165) is 57.1 Å². The van der Waals surface area contributed by atoms with E-state index in [4.69, 9.17) is 10.1 Å². The topological polar surface area (TPSA) is 68.7 Å². The van der Waals surface area contributed by atoms with Crippen LogP contribution < -0.4 is 15.1 Å². The first kappa shape index (κ1) is 15.9. The largest absolute Gasteiger partial charge is 0.465 e. The Morgan fingerprint density at radius 3 is 2.35 bits per heavy atom. The maximum Gasteiger partial charge on any atom is 0.404 e. The molecule has 1 aromatic rings. The zero-order chi connectivity index (χ0) is 16.1. The van der Waals surface area contributed by atoms with E-state index in [1.165, 1.54) is 12.8 Å². The molecule has 0 saturated carbocycles. The summed E-state index contributed by atoms with van der Waals surface area (Å²) >= 11 is 0. The number of nitrogens with one attached hydrogen (secondary N) is 1. The van der Waals surface area contributed by atoms with Gasteiger partial charge in [-0.05, 0) is 50.2 Å². The van der Waals surface area contributed by atoms with Crippen molar-refractivity contribution in [1.82, 2.24) is 10.3 Å². The van der Waals surface area contributed by atoms with Crippen LogP contribution in [0.1, 0.15) is 32.1 Å². The second kappa shape index (κ2) is 7.53. The zero-order valence-corrected chi connectivity index (χ0v) is 13.6. The van der Waals surface area contributed by atoms with Crippen molar-refractivity contribution in [2.45, 2.75) is 32.1 Å². The number of anilines is 2. The molecule has 2 N–H and O–H groups in total. The van der Waals surface area contributed by atoms with E-state index in [0.29, 0.717) is 12.5 Å². The molecular formula is C17H26N4O2. The average Bonchev–Trinajstić information content (AvgIpc) is 3.10. The van der Waals surface area contributed by atoms with Gasteiger partial charge in [-0.25, -0.2) is 9.78 Å². The Labute approximate surface area is 137 Å². The summed E-state index contributed by atoms with van der Waals surface area (Å²) < 4.78 is 0. The molecule has 3 rings (SSSR count). The van der Waals surface area contributed by atoms with Crippen LogP contribution in [0.4, 0.5) is 16.4 Å². The van der Waals surface area contributed by atoms with Gasteiger partial charge < -0.3 is 20.2 Å². The van der Waals surface area contributed by atoms with Crippen LogP contribution in [0.25, 0.3) is 0 Å². The van der Waals surface area contributed by atoms with E-state index in [9.17, 15) is 4.79 Å². The molecule has 2 fully saturated rings. The minimum Gasteiger partial charge on any atom is -0.465 e. The summed E-state index contributed by atoms with van der Waals surface area (Å²) in [4.78, 5) is 20.1. The number of hydrogen-bond donors (Lipinski definition) is 2. The molecule has 0 spiro atoms. The lowest BCUT2D eigenvalue weighted by Gasteiger charge is -2.33. The quantitative estimate of drug-likeness (QED) is 0.873. The molecule has 0 bridgehead atoms. The maximum absolute atomic E-state index is 10.5. The summed E-state index contributed by atoms with van der Waals surface area (Å²) in [5.74, 6) is 2.80. The molecule has 2 aliphatic heterocycles. The second-order valence-corrected chi connectivity index (χ2v) is 6.50. The number of amides is 1. The van der Waals surface area contributed by atoms with Gasteiger partial charge in [0.2, 0.25) is 0 Å². The van der Waals surface area contributed by atoms with Gasteiger partial charge in [0.25, 0.3) is 0 Å².